The molecule has 25 aromatic rings. The Morgan fingerprint density at radius 1 is 0.197 bits per heavy atom. The number of para-hydroxylation sites is 5. The van der Waals surface area contributed by atoms with Gasteiger partial charge in [0.1, 0.15) is 18.5 Å². The average Bonchev–Trinajstić information content (AvgIpc) is 1.40. The van der Waals surface area contributed by atoms with Gasteiger partial charge in [0.15, 0.2) is 5.82 Å². The molecule has 6 aromatic heterocycles. The first-order valence-electron chi connectivity index (χ1n) is 42.8. The highest BCUT2D eigenvalue weighted by molar-refractivity contribution is 6.23. The van der Waals surface area contributed by atoms with E-state index in [1.165, 1.54) is 122 Å². The summed E-state index contributed by atoms with van der Waals surface area (Å²) in [5.74, 6) is 1.61. The highest BCUT2D eigenvalue weighted by Gasteiger charge is 2.22. The van der Waals surface area contributed by atoms with Crippen LogP contribution in [0.3, 0.4) is 0 Å². The molecule has 0 unspecified atom stereocenters. The Hall–Kier alpha value is -17.1. The molecule has 0 saturated carbocycles. The van der Waals surface area contributed by atoms with E-state index in [9.17, 15) is 0 Å². The van der Waals surface area contributed by atoms with Crippen LogP contribution in [-0.4, -0.2) is 44.4 Å². The van der Waals surface area contributed by atoms with Crippen LogP contribution in [0.15, 0.2) is 456 Å². The minimum absolute atomic E-state index is 0.674. The number of aromatic nitrogens is 9. The van der Waals surface area contributed by atoms with E-state index in [4.69, 9.17) is 15.0 Å². The van der Waals surface area contributed by atoms with Gasteiger partial charge in [-0.2, -0.15) is 0 Å². The van der Waals surface area contributed by atoms with Crippen molar-refractivity contribution >= 4 is 119 Å². The van der Waals surface area contributed by atoms with Gasteiger partial charge in [0.2, 0.25) is 0 Å². The zero-order valence-electron chi connectivity index (χ0n) is 68.8. The second-order valence-electron chi connectivity index (χ2n) is 32.2. The summed E-state index contributed by atoms with van der Waals surface area (Å²) < 4.78 is 2.26. The number of hydrogen-bond acceptors (Lipinski definition) is 8. The lowest BCUT2D eigenvalue weighted by molar-refractivity contribution is 1.06. The molecule has 25 rings (SSSR count). The predicted molar refractivity (Wildman–Crippen MR) is 528 cm³/mol. The van der Waals surface area contributed by atoms with Crippen molar-refractivity contribution in [2.45, 2.75) is 0 Å². The molecule has 0 aliphatic rings. The second-order valence-corrected chi connectivity index (χ2v) is 32.2. The number of fused-ring (bicyclic) bond motifs is 13. The van der Waals surface area contributed by atoms with Crippen LogP contribution in [0.2, 0.25) is 0 Å². The fraction of sp³-hybridized carbons (Fsp3) is 0. The molecule has 127 heavy (non-hydrogen) atoms. The van der Waals surface area contributed by atoms with Crippen LogP contribution in [0, 0.1) is 0 Å². The summed E-state index contributed by atoms with van der Waals surface area (Å²) in [6.45, 7) is 0. The molecule has 0 amide bonds. The standard InChI is InChI=1S/C53H34N2.C39H25N3.C26H16N4/c1-2-16-44(17-3-1)55-50-21-11-10-20-49(50)54-53(55)38-26-22-37(23-27-38)41-30-31-47-48(34-41)52(43-29-25-36-13-5-7-15-40(36)33-43)46-19-9-8-18-45(46)51(47)42-28-24-35-12-4-6-14-39(35)32-42;1-2-10-34-27(7-1)17-18-36-38(35-11-3-4-12-37(35)42-39(34)36)28-15-13-26(14-16-28)31-21-32(29-8-5-19-40-24-29)23-33(22-31)30-9-6-20-41-25-30;1-3-7-21-19(5-1)13-22(23-14-20-6-2-4-8-24(20)30-25(21)23)17-9-11-18(12-10-17)26-28-15-27-16-29-26/h1-34H;1-25H;1-16H. The highest BCUT2D eigenvalue weighted by atomic mass is 15.1. The lowest BCUT2D eigenvalue weighted by Gasteiger charge is -2.19. The normalized spacial score (nSPS) is 11.5. The molecular formula is C118H75N9. The zero-order chi connectivity index (χ0) is 84.1. The summed E-state index contributed by atoms with van der Waals surface area (Å²) in [6, 6.07) is 150. The van der Waals surface area contributed by atoms with E-state index in [0.717, 1.165) is 122 Å². The van der Waals surface area contributed by atoms with Crippen LogP contribution in [0.4, 0.5) is 0 Å². The Bertz CT molecular complexity index is 8480. The minimum atomic E-state index is 0.674. The SMILES string of the molecule is c1ccc(-n2c(-c3ccc(-c4ccc5c(-c6ccc7ccccc7c6)c6ccccc6c(-c6ccc7ccccc7c6)c5c4)cc3)nc3ccccc32)cc1.c1ccc2nc3c(cc2c1)c(-c1ccc(-c2ncncn2)cc1)cc1ccccc13.c1cncc(-c2cc(-c3ccc(-c4c5ccccc5nc5c4ccc4ccccc45)cc3)cc(-c3cccnc3)c2)c1. The first-order valence-corrected chi connectivity index (χ1v) is 42.8. The van der Waals surface area contributed by atoms with Crippen LogP contribution in [0.1, 0.15) is 0 Å². The van der Waals surface area contributed by atoms with Crippen molar-refractivity contribution in [3.05, 3.63) is 456 Å². The van der Waals surface area contributed by atoms with Crippen LogP contribution in [-0.2, 0) is 0 Å². The summed E-state index contributed by atoms with van der Waals surface area (Å²) in [4.78, 5) is 36.4. The van der Waals surface area contributed by atoms with Gasteiger partial charge in [-0.05, 0) is 223 Å². The molecule has 0 bridgehead atoms. The summed E-state index contributed by atoms with van der Waals surface area (Å²) in [7, 11) is 0. The summed E-state index contributed by atoms with van der Waals surface area (Å²) in [5, 5.41) is 19.3. The Kier molecular flexibility index (Phi) is 19.1. The van der Waals surface area contributed by atoms with E-state index in [-0.39, 0.29) is 0 Å². The predicted octanol–water partition coefficient (Wildman–Crippen LogP) is 30.4. The maximum absolute atomic E-state index is 5.12. The quantitative estimate of drug-likeness (QED) is 0.0931. The molecule has 6 heterocycles. The van der Waals surface area contributed by atoms with Gasteiger partial charge in [-0.25, -0.2) is 29.9 Å². The molecular weight excluding hydrogens is 1540 g/mol. The Balaban J connectivity index is 0.000000114. The van der Waals surface area contributed by atoms with E-state index in [1.807, 2.05) is 43.0 Å². The molecule has 0 saturated heterocycles. The number of rotatable bonds is 11. The maximum Gasteiger partial charge on any atom is 0.162 e. The number of hydrogen-bond donors (Lipinski definition) is 0. The van der Waals surface area contributed by atoms with Gasteiger partial charge in [-0.15, -0.1) is 0 Å². The van der Waals surface area contributed by atoms with E-state index < -0.39 is 0 Å². The third-order valence-electron chi connectivity index (χ3n) is 24.6. The van der Waals surface area contributed by atoms with E-state index in [2.05, 4.69) is 430 Å². The fourth-order valence-corrected chi connectivity index (χ4v) is 18.5. The molecule has 0 aliphatic carbocycles. The lowest BCUT2D eigenvalue weighted by Crippen LogP contribution is -1.97. The molecule has 0 spiro atoms. The molecule has 9 nitrogen and oxygen atoms in total. The summed E-state index contributed by atoms with van der Waals surface area (Å²) in [5.41, 5.74) is 28.0. The second kappa shape index (κ2) is 32.3. The fourth-order valence-electron chi connectivity index (χ4n) is 18.5. The molecule has 0 fully saturated rings. The number of nitrogens with zero attached hydrogens (tertiary/aromatic N) is 9. The average molecular weight is 1620 g/mol. The molecule has 9 heteroatoms. The zero-order valence-corrected chi connectivity index (χ0v) is 68.8. The van der Waals surface area contributed by atoms with Crippen LogP contribution < -0.4 is 0 Å². The van der Waals surface area contributed by atoms with Gasteiger partial charge < -0.3 is 0 Å². The van der Waals surface area contributed by atoms with Gasteiger partial charge >= 0.3 is 0 Å². The van der Waals surface area contributed by atoms with Crippen molar-refractivity contribution in [3.63, 3.8) is 0 Å². The van der Waals surface area contributed by atoms with Crippen LogP contribution in [0.5, 0.6) is 0 Å². The van der Waals surface area contributed by atoms with Gasteiger partial charge in [0.05, 0.1) is 33.1 Å². The summed E-state index contributed by atoms with van der Waals surface area (Å²) in [6.07, 6.45) is 10.5. The Morgan fingerprint density at radius 2 is 0.638 bits per heavy atom. The number of imidazole rings is 1. The highest BCUT2D eigenvalue weighted by Crippen LogP contribution is 2.48. The van der Waals surface area contributed by atoms with Gasteiger partial charge in [-0.3, -0.25) is 14.5 Å². The molecule has 0 atom stereocenters. The molecule has 0 aliphatic heterocycles. The van der Waals surface area contributed by atoms with Crippen molar-refractivity contribution < 1.29 is 0 Å². The van der Waals surface area contributed by atoms with E-state index in [0.29, 0.717) is 5.82 Å². The van der Waals surface area contributed by atoms with Crippen molar-refractivity contribution in [3.8, 4) is 117 Å². The van der Waals surface area contributed by atoms with Crippen molar-refractivity contribution in [2.24, 2.45) is 0 Å². The maximum atomic E-state index is 5.12. The Labute approximate surface area is 732 Å². The first-order chi connectivity index (χ1) is 62.9. The van der Waals surface area contributed by atoms with Crippen molar-refractivity contribution in [1.82, 2.24) is 44.4 Å². The Morgan fingerprint density at radius 3 is 1.28 bits per heavy atom. The number of benzene rings is 19. The van der Waals surface area contributed by atoms with Crippen LogP contribution >= 0.6 is 0 Å². The number of pyridine rings is 4. The smallest absolute Gasteiger partial charge is 0.162 e. The van der Waals surface area contributed by atoms with Gasteiger partial charge in [0.25, 0.3) is 0 Å². The largest absolute Gasteiger partial charge is 0.292 e. The topological polar surface area (TPSA) is 108 Å². The van der Waals surface area contributed by atoms with Gasteiger partial charge in [0, 0.05) is 90.6 Å². The van der Waals surface area contributed by atoms with E-state index in [1.54, 1.807) is 0 Å². The van der Waals surface area contributed by atoms with Crippen LogP contribution in [0.25, 0.3) is 237 Å². The van der Waals surface area contributed by atoms with Gasteiger partial charge in [-0.1, -0.05) is 322 Å². The van der Waals surface area contributed by atoms with Crippen molar-refractivity contribution in [2.75, 3.05) is 0 Å². The third-order valence-corrected chi connectivity index (χ3v) is 24.6. The summed E-state index contributed by atoms with van der Waals surface area (Å²) >= 11 is 0. The van der Waals surface area contributed by atoms with E-state index >= 15 is 0 Å². The minimum Gasteiger partial charge on any atom is -0.292 e. The van der Waals surface area contributed by atoms with Crippen molar-refractivity contribution in [1.29, 1.82) is 0 Å². The first kappa shape index (κ1) is 74.9. The monoisotopic (exact) mass is 1620 g/mol. The molecule has 0 N–H and O–H groups in total. The third kappa shape index (κ3) is 14.1. The molecule has 592 valence electrons. The molecule has 19 aromatic carbocycles. The molecule has 0 radical (unpaired) electrons. The lowest BCUT2D eigenvalue weighted by atomic mass is 9.84.